The number of rotatable bonds is 5. The van der Waals surface area contributed by atoms with Gasteiger partial charge in [-0.3, -0.25) is 9.69 Å². The number of anilines is 1. The van der Waals surface area contributed by atoms with E-state index in [9.17, 15) is 13.2 Å². The van der Waals surface area contributed by atoms with E-state index in [4.69, 9.17) is 11.6 Å². The Hall–Kier alpha value is -2.23. The molecule has 1 fully saturated rings. The van der Waals surface area contributed by atoms with Crippen LogP contribution in [0, 0.1) is 0 Å². The van der Waals surface area contributed by atoms with Crippen LogP contribution < -0.4 is 4.90 Å². The highest BCUT2D eigenvalue weighted by Gasteiger charge is 2.39. The van der Waals surface area contributed by atoms with Crippen LogP contribution in [0.1, 0.15) is 36.6 Å². The van der Waals surface area contributed by atoms with Crippen LogP contribution in [-0.4, -0.2) is 55.8 Å². The van der Waals surface area contributed by atoms with Crippen molar-refractivity contribution in [1.29, 1.82) is 0 Å². The van der Waals surface area contributed by atoms with Crippen LogP contribution in [0.2, 0.25) is 5.02 Å². The number of hydrogen-bond acceptors (Lipinski definition) is 4. The number of halogens is 2. The van der Waals surface area contributed by atoms with Crippen molar-refractivity contribution in [1.82, 2.24) is 9.21 Å². The number of fused-ring (bicyclic) bond motifs is 1. The highest BCUT2D eigenvalue weighted by Crippen LogP contribution is 2.41. The van der Waals surface area contributed by atoms with Gasteiger partial charge >= 0.3 is 0 Å². The normalized spacial score (nSPS) is 19.6. The van der Waals surface area contributed by atoms with Gasteiger partial charge in [0.05, 0.1) is 11.7 Å². The molecule has 3 aromatic rings. The smallest absolute Gasteiger partial charge is 0.245 e. The molecule has 1 amide bonds. The molecule has 2 aliphatic heterocycles. The third kappa shape index (κ3) is 5.10. The van der Waals surface area contributed by atoms with Gasteiger partial charge in [0.2, 0.25) is 15.9 Å². The number of hydrogen-bond donors (Lipinski definition) is 0. The molecule has 2 aliphatic rings. The fourth-order valence-corrected chi connectivity index (χ4v) is 8.04. The van der Waals surface area contributed by atoms with Crippen molar-refractivity contribution in [3.63, 3.8) is 0 Å². The van der Waals surface area contributed by atoms with Gasteiger partial charge in [-0.1, -0.05) is 70.0 Å². The van der Waals surface area contributed by atoms with Gasteiger partial charge in [-0.15, -0.1) is 0 Å². The van der Waals surface area contributed by atoms with E-state index in [1.807, 2.05) is 55.5 Å². The van der Waals surface area contributed by atoms with Crippen molar-refractivity contribution in [2.75, 3.05) is 31.1 Å². The largest absolute Gasteiger partial charge is 0.308 e. The molecule has 0 radical (unpaired) electrons. The first-order valence-corrected chi connectivity index (χ1v) is 14.9. The summed E-state index contributed by atoms with van der Waals surface area (Å²) in [6, 6.07) is 21.6. The monoisotopic (exact) mass is 601 g/mol. The van der Waals surface area contributed by atoms with Crippen LogP contribution in [0.4, 0.5) is 5.69 Å². The van der Waals surface area contributed by atoms with Gasteiger partial charge in [0.15, 0.2) is 0 Å². The van der Waals surface area contributed by atoms with E-state index in [1.54, 1.807) is 15.3 Å². The van der Waals surface area contributed by atoms with E-state index in [0.717, 1.165) is 16.7 Å². The summed E-state index contributed by atoms with van der Waals surface area (Å²) in [5.74, 6) is -0.150. The molecule has 5 rings (SSSR count). The number of carbonyl (C=O) groups excluding carboxylic acids is 1. The lowest BCUT2D eigenvalue weighted by atomic mass is 9.96. The Labute approximate surface area is 232 Å². The summed E-state index contributed by atoms with van der Waals surface area (Å²) in [6.45, 7) is 5.30. The number of piperazine rings is 1. The Morgan fingerprint density at radius 2 is 1.59 bits per heavy atom. The topological polar surface area (TPSA) is 60.9 Å². The van der Waals surface area contributed by atoms with Gasteiger partial charge in [0.1, 0.15) is 4.90 Å². The Morgan fingerprint density at radius 1 is 0.973 bits per heavy atom. The zero-order valence-corrected chi connectivity index (χ0v) is 23.9. The van der Waals surface area contributed by atoms with E-state index in [0.29, 0.717) is 47.8 Å². The lowest BCUT2D eigenvalue weighted by molar-refractivity contribution is -0.116. The van der Waals surface area contributed by atoms with Gasteiger partial charge in [0, 0.05) is 48.6 Å². The molecule has 3 aromatic carbocycles. The highest BCUT2D eigenvalue weighted by atomic mass is 79.9. The molecule has 6 nitrogen and oxygen atoms in total. The zero-order chi connectivity index (χ0) is 26.3. The van der Waals surface area contributed by atoms with E-state index in [2.05, 4.69) is 33.0 Å². The minimum atomic E-state index is -3.82. The van der Waals surface area contributed by atoms with Gasteiger partial charge in [0.25, 0.3) is 0 Å². The third-order valence-electron chi connectivity index (χ3n) is 7.21. The predicted octanol–water partition coefficient (Wildman–Crippen LogP) is 5.50. The van der Waals surface area contributed by atoms with Crippen LogP contribution in [-0.2, 0) is 21.2 Å². The number of benzene rings is 3. The highest BCUT2D eigenvalue weighted by molar-refractivity contribution is 9.10. The summed E-state index contributed by atoms with van der Waals surface area (Å²) in [5.41, 5.74) is 3.66. The molecule has 1 saturated heterocycles. The molecule has 2 atom stereocenters. The summed E-state index contributed by atoms with van der Waals surface area (Å²) >= 11 is 9.64. The lowest BCUT2D eigenvalue weighted by Crippen LogP contribution is -2.50. The van der Waals surface area contributed by atoms with Gasteiger partial charge < -0.3 is 4.90 Å². The number of sulfonamides is 1. The SMILES string of the molecule is CC(=O)N1c2c(cc(Br)cc2S(=O)(=O)N2CCN([C@H](c3ccccc3)c3ccc(Cl)cc3)CC2)C[C@H]1C. The number of amides is 1. The Bertz CT molecular complexity index is 1410. The van der Waals surface area contributed by atoms with Crippen LogP contribution in [0.25, 0.3) is 0 Å². The third-order valence-corrected chi connectivity index (χ3v) is 9.83. The minimum absolute atomic E-state index is 0.00695. The van der Waals surface area contributed by atoms with Crippen LogP contribution in [0.5, 0.6) is 0 Å². The Kier molecular flexibility index (Phi) is 7.49. The maximum absolute atomic E-state index is 14.0. The van der Waals surface area contributed by atoms with Crippen LogP contribution in [0.15, 0.2) is 76.1 Å². The first-order chi connectivity index (χ1) is 17.7. The maximum atomic E-state index is 14.0. The van der Waals surface area contributed by atoms with E-state index in [1.165, 1.54) is 6.92 Å². The van der Waals surface area contributed by atoms with Crippen molar-refractivity contribution >= 4 is 49.1 Å². The minimum Gasteiger partial charge on any atom is -0.308 e. The molecular formula is C28H29BrClN3O3S. The van der Waals surface area contributed by atoms with Gasteiger partial charge in [-0.2, -0.15) is 4.31 Å². The fourth-order valence-electron chi connectivity index (χ4n) is 5.59. The molecule has 0 saturated carbocycles. The summed E-state index contributed by atoms with van der Waals surface area (Å²) in [4.78, 5) is 16.6. The zero-order valence-electron chi connectivity index (χ0n) is 20.8. The van der Waals surface area contributed by atoms with Crippen molar-refractivity contribution in [3.8, 4) is 0 Å². The predicted molar refractivity (Wildman–Crippen MR) is 151 cm³/mol. The second kappa shape index (κ2) is 10.5. The van der Waals surface area contributed by atoms with Crippen LogP contribution in [0.3, 0.4) is 0 Å². The number of carbonyl (C=O) groups is 1. The molecule has 9 heteroatoms. The molecule has 0 aromatic heterocycles. The lowest BCUT2D eigenvalue weighted by Gasteiger charge is -2.39. The quantitative estimate of drug-likeness (QED) is 0.387. The molecule has 194 valence electrons. The Balaban J connectivity index is 1.43. The van der Waals surface area contributed by atoms with Crippen LogP contribution >= 0.6 is 27.5 Å². The van der Waals surface area contributed by atoms with E-state index >= 15 is 0 Å². The summed E-state index contributed by atoms with van der Waals surface area (Å²) in [6.07, 6.45) is 0.629. The van der Waals surface area contributed by atoms with Gasteiger partial charge in [-0.25, -0.2) is 8.42 Å². The molecule has 0 spiro atoms. The van der Waals surface area contributed by atoms with Gasteiger partial charge in [-0.05, 0) is 54.3 Å². The van der Waals surface area contributed by atoms with E-state index in [-0.39, 0.29) is 22.9 Å². The molecule has 0 bridgehead atoms. The summed E-state index contributed by atoms with van der Waals surface area (Å²) in [5, 5.41) is 0.682. The maximum Gasteiger partial charge on any atom is 0.245 e. The summed E-state index contributed by atoms with van der Waals surface area (Å²) < 4.78 is 30.2. The first kappa shape index (κ1) is 26.4. The second-order valence-corrected chi connectivity index (χ2v) is 12.9. The standard InChI is InChI=1S/C28H29BrClN3O3S/c1-19-16-23-17-24(29)18-26(28(23)33(19)20(2)34)37(35,36)32-14-12-31(13-15-32)27(21-6-4-3-5-7-21)22-8-10-25(30)11-9-22/h3-11,17-19,27H,12-16H2,1-2H3/t19-,27-/m1/s1. The average Bonchev–Trinajstić information content (AvgIpc) is 3.21. The molecule has 2 heterocycles. The average molecular weight is 603 g/mol. The molecule has 37 heavy (non-hydrogen) atoms. The van der Waals surface area contributed by atoms with E-state index < -0.39 is 10.0 Å². The second-order valence-electron chi connectivity index (χ2n) is 9.66. The Morgan fingerprint density at radius 3 is 2.22 bits per heavy atom. The first-order valence-electron chi connectivity index (χ1n) is 12.3. The molecule has 0 N–H and O–H groups in total. The van der Waals surface area contributed by atoms with Crippen molar-refractivity contribution in [2.24, 2.45) is 0 Å². The molecular weight excluding hydrogens is 574 g/mol. The van der Waals surface area contributed by atoms with Crippen molar-refractivity contribution < 1.29 is 13.2 Å². The molecule has 0 unspecified atom stereocenters. The molecule has 0 aliphatic carbocycles. The van der Waals surface area contributed by atoms with Crippen molar-refractivity contribution in [2.45, 2.75) is 37.2 Å². The fraction of sp³-hybridized carbons (Fsp3) is 0.321. The summed E-state index contributed by atoms with van der Waals surface area (Å²) in [7, 11) is -3.82. The van der Waals surface area contributed by atoms with Crippen molar-refractivity contribution in [3.05, 3.63) is 92.9 Å². The number of nitrogens with zero attached hydrogens (tertiary/aromatic N) is 3.